The number of thiazole rings is 1. The maximum Gasteiger partial charge on any atom is 0.343 e. The van der Waals surface area contributed by atoms with Crippen LogP contribution in [0.5, 0.6) is 23.0 Å². The van der Waals surface area contributed by atoms with Crippen LogP contribution in [-0.2, 0) is 19.1 Å². The quantitative estimate of drug-likeness (QED) is 0.256. The van der Waals surface area contributed by atoms with E-state index in [1.54, 1.807) is 45.2 Å². The molecule has 0 saturated heterocycles. The summed E-state index contributed by atoms with van der Waals surface area (Å²) in [7, 11) is 2.84. The SMILES string of the molecule is CCOC(=O)C1=C(C)N=c2s/c(=C\c3ccc(O[C@@H](C)CC)c(OC)c3)c(=O)n2[C@H]1c1ccc(OCC(=O)OC)c(OCC)c1. The lowest BCUT2D eigenvalue weighted by Crippen LogP contribution is -2.40. The van der Waals surface area contributed by atoms with Gasteiger partial charge in [-0.2, -0.15) is 0 Å². The summed E-state index contributed by atoms with van der Waals surface area (Å²) in [5.74, 6) is 0.685. The van der Waals surface area contributed by atoms with Gasteiger partial charge in [0.2, 0.25) is 0 Å². The van der Waals surface area contributed by atoms with Crippen molar-refractivity contribution in [2.45, 2.75) is 53.2 Å². The molecule has 0 N–H and O–H groups in total. The second-order valence-electron chi connectivity index (χ2n) is 10.1. The number of rotatable bonds is 13. The van der Waals surface area contributed by atoms with Gasteiger partial charge in [0.25, 0.3) is 5.56 Å². The lowest BCUT2D eigenvalue weighted by Gasteiger charge is -2.25. The zero-order valence-electron chi connectivity index (χ0n) is 26.5. The molecule has 3 aromatic rings. The molecular weight excluding hydrogens is 600 g/mol. The normalized spacial score (nSPS) is 15.1. The van der Waals surface area contributed by atoms with Crippen molar-refractivity contribution >= 4 is 29.4 Å². The van der Waals surface area contributed by atoms with Gasteiger partial charge in [-0.05, 0) is 75.6 Å². The highest BCUT2D eigenvalue weighted by atomic mass is 32.1. The Bertz CT molecular complexity index is 1770. The van der Waals surface area contributed by atoms with Crippen molar-refractivity contribution in [2.75, 3.05) is 34.0 Å². The highest BCUT2D eigenvalue weighted by Gasteiger charge is 2.34. The van der Waals surface area contributed by atoms with E-state index in [-0.39, 0.29) is 30.5 Å². The Balaban J connectivity index is 1.86. The number of esters is 2. The summed E-state index contributed by atoms with van der Waals surface area (Å²) in [4.78, 5) is 44.1. The van der Waals surface area contributed by atoms with E-state index < -0.39 is 18.0 Å². The van der Waals surface area contributed by atoms with Crippen LogP contribution in [-0.4, -0.2) is 56.6 Å². The van der Waals surface area contributed by atoms with Crippen molar-refractivity contribution in [3.8, 4) is 23.0 Å². The van der Waals surface area contributed by atoms with Crippen LogP contribution in [0.1, 0.15) is 58.2 Å². The molecule has 2 heterocycles. The van der Waals surface area contributed by atoms with Crippen LogP contribution in [0.4, 0.5) is 0 Å². The predicted octanol–water partition coefficient (Wildman–Crippen LogP) is 3.93. The lowest BCUT2D eigenvalue weighted by atomic mass is 9.95. The van der Waals surface area contributed by atoms with Gasteiger partial charge in [0.15, 0.2) is 34.4 Å². The molecule has 0 amide bonds. The molecule has 1 aliphatic rings. The number of allylic oxidation sites excluding steroid dienone is 1. The van der Waals surface area contributed by atoms with E-state index >= 15 is 0 Å². The Hall–Kier alpha value is -4.58. The summed E-state index contributed by atoms with van der Waals surface area (Å²) < 4.78 is 35.0. The highest BCUT2D eigenvalue weighted by molar-refractivity contribution is 7.07. The molecule has 12 heteroatoms. The third kappa shape index (κ3) is 7.39. The van der Waals surface area contributed by atoms with E-state index in [4.69, 9.17) is 23.7 Å². The first-order valence-corrected chi connectivity index (χ1v) is 15.5. The minimum Gasteiger partial charge on any atom is -0.493 e. The van der Waals surface area contributed by atoms with E-state index in [0.717, 1.165) is 12.0 Å². The monoisotopic (exact) mass is 638 g/mol. The Morgan fingerprint density at radius 2 is 1.76 bits per heavy atom. The molecule has 0 radical (unpaired) electrons. The topological polar surface area (TPSA) is 124 Å². The van der Waals surface area contributed by atoms with Gasteiger partial charge < -0.3 is 28.4 Å². The van der Waals surface area contributed by atoms with Crippen LogP contribution in [0.25, 0.3) is 6.08 Å². The molecule has 0 spiro atoms. The number of fused-ring (bicyclic) bond motifs is 1. The van der Waals surface area contributed by atoms with Crippen molar-refractivity contribution in [3.63, 3.8) is 0 Å². The molecule has 240 valence electrons. The number of ether oxygens (including phenoxy) is 6. The molecule has 0 aliphatic carbocycles. The number of carbonyl (C=O) groups is 2. The maximum absolute atomic E-state index is 14.1. The average molecular weight is 639 g/mol. The van der Waals surface area contributed by atoms with Crippen molar-refractivity contribution in [1.29, 1.82) is 0 Å². The molecule has 1 aliphatic heterocycles. The van der Waals surface area contributed by atoms with E-state index in [2.05, 4.69) is 9.73 Å². The summed E-state index contributed by atoms with van der Waals surface area (Å²) in [6.45, 7) is 9.41. The molecule has 4 rings (SSSR count). The lowest BCUT2D eigenvalue weighted by molar-refractivity contribution is -0.143. The minimum absolute atomic E-state index is 0.0157. The fourth-order valence-corrected chi connectivity index (χ4v) is 5.75. The number of nitrogens with zero attached hydrogens (tertiary/aromatic N) is 2. The number of methoxy groups -OCH3 is 2. The van der Waals surface area contributed by atoms with Crippen LogP contribution in [0.2, 0.25) is 0 Å². The minimum atomic E-state index is -0.864. The van der Waals surface area contributed by atoms with Gasteiger partial charge in [-0.3, -0.25) is 9.36 Å². The first kappa shape index (κ1) is 33.3. The highest BCUT2D eigenvalue weighted by Crippen LogP contribution is 2.36. The van der Waals surface area contributed by atoms with Crippen molar-refractivity contribution in [2.24, 2.45) is 4.99 Å². The molecule has 45 heavy (non-hydrogen) atoms. The Labute approximate surface area is 265 Å². The second kappa shape index (κ2) is 14.9. The van der Waals surface area contributed by atoms with Crippen LogP contribution in [0, 0.1) is 0 Å². The van der Waals surface area contributed by atoms with E-state index in [9.17, 15) is 14.4 Å². The zero-order valence-corrected chi connectivity index (χ0v) is 27.3. The molecule has 0 saturated carbocycles. The van der Waals surface area contributed by atoms with Gasteiger partial charge in [-0.15, -0.1) is 0 Å². The Morgan fingerprint density at radius 1 is 1.00 bits per heavy atom. The molecule has 0 unspecified atom stereocenters. The van der Waals surface area contributed by atoms with Gasteiger partial charge in [-0.25, -0.2) is 14.6 Å². The van der Waals surface area contributed by atoms with Gasteiger partial charge >= 0.3 is 11.9 Å². The Morgan fingerprint density at radius 3 is 2.42 bits per heavy atom. The molecule has 0 bridgehead atoms. The first-order valence-electron chi connectivity index (χ1n) is 14.7. The average Bonchev–Trinajstić information content (AvgIpc) is 3.33. The van der Waals surface area contributed by atoms with Crippen molar-refractivity contribution in [3.05, 3.63) is 78.5 Å². The molecule has 0 fully saturated rings. The third-order valence-corrected chi connectivity index (χ3v) is 8.05. The van der Waals surface area contributed by atoms with Gasteiger partial charge in [0, 0.05) is 0 Å². The fourth-order valence-electron chi connectivity index (χ4n) is 4.71. The molecule has 2 atom stereocenters. The van der Waals surface area contributed by atoms with Crippen LogP contribution < -0.4 is 33.8 Å². The summed E-state index contributed by atoms with van der Waals surface area (Å²) in [6.07, 6.45) is 2.62. The number of benzene rings is 2. The van der Waals surface area contributed by atoms with Crippen LogP contribution >= 0.6 is 11.3 Å². The summed E-state index contributed by atoms with van der Waals surface area (Å²) in [6, 6.07) is 9.66. The molecule has 11 nitrogen and oxygen atoms in total. The van der Waals surface area contributed by atoms with Crippen LogP contribution in [0.15, 0.2) is 57.5 Å². The molecule has 1 aromatic heterocycles. The zero-order chi connectivity index (χ0) is 32.7. The number of carbonyl (C=O) groups excluding carboxylic acids is 2. The summed E-state index contributed by atoms with van der Waals surface area (Å²) in [5.41, 5.74) is 1.64. The maximum atomic E-state index is 14.1. The van der Waals surface area contributed by atoms with E-state index in [0.29, 0.717) is 50.2 Å². The number of hydrogen-bond donors (Lipinski definition) is 0. The van der Waals surface area contributed by atoms with Crippen molar-refractivity contribution in [1.82, 2.24) is 4.57 Å². The molecular formula is C33H38N2O9S. The summed E-state index contributed by atoms with van der Waals surface area (Å²) in [5, 5.41) is 0. The molecule has 2 aromatic carbocycles. The fraction of sp³-hybridized carbons (Fsp3) is 0.394. The number of hydrogen-bond acceptors (Lipinski definition) is 11. The smallest absolute Gasteiger partial charge is 0.343 e. The first-order chi connectivity index (χ1) is 21.6. The second-order valence-corrected chi connectivity index (χ2v) is 11.1. The van der Waals surface area contributed by atoms with E-state index in [1.807, 2.05) is 39.0 Å². The third-order valence-electron chi connectivity index (χ3n) is 7.06. The standard InChI is InChI=1S/C33H38N2O9S/c1-8-19(4)44-24-13-11-21(15-25(24)39-6)16-27-31(37)35-30(29(32(38)42-10-3)20(5)34-33(35)45-27)22-12-14-23(26(17-22)41-9-2)43-18-28(36)40-7/h11-17,19,30H,8-10,18H2,1-7H3/b27-16-/t19-,30-/m0/s1. The van der Waals surface area contributed by atoms with Crippen molar-refractivity contribution < 1.29 is 38.0 Å². The summed E-state index contributed by atoms with van der Waals surface area (Å²) >= 11 is 1.21. The number of aromatic nitrogens is 1. The predicted molar refractivity (Wildman–Crippen MR) is 169 cm³/mol. The van der Waals surface area contributed by atoms with E-state index in [1.165, 1.54) is 23.0 Å². The van der Waals surface area contributed by atoms with Gasteiger partial charge in [-0.1, -0.05) is 30.4 Å². The van der Waals surface area contributed by atoms with Gasteiger partial charge in [0.05, 0.1) is 55.4 Å². The van der Waals surface area contributed by atoms with Gasteiger partial charge in [0.1, 0.15) is 0 Å². The largest absolute Gasteiger partial charge is 0.493 e. The van der Waals surface area contributed by atoms with Crippen LogP contribution in [0.3, 0.4) is 0 Å². The Kier molecular flexibility index (Phi) is 11.1.